The smallest absolute Gasteiger partial charge is 0.250 e. The molecule has 20 heavy (non-hydrogen) atoms. The van der Waals surface area contributed by atoms with E-state index < -0.39 is 5.91 Å². The van der Waals surface area contributed by atoms with Gasteiger partial charge in [0.1, 0.15) is 5.82 Å². The van der Waals surface area contributed by atoms with Crippen LogP contribution >= 0.6 is 11.6 Å². The largest absolute Gasteiger partial charge is 0.373 e. The molecule has 1 aromatic rings. The molecule has 0 spiro atoms. The summed E-state index contributed by atoms with van der Waals surface area (Å²) in [6.45, 7) is 4.53. The first kappa shape index (κ1) is 15.0. The van der Waals surface area contributed by atoms with Crippen molar-refractivity contribution in [2.45, 2.75) is 19.1 Å². The fraction of sp³-hybridized carbons (Fsp3) is 0.538. The lowest BCUT2D eigenvalue weighted by Gasteiger charge is -2.34. The fourth-order valence-corrected chi connectivity index (χ4v) is 2.32. The summed E-state index contributed by atoms with van der Waals surface area (Å²) in [4.78, 5) is 17.4. The van der Waals surface area contributed by atoms with Crippen LogP contribution in [0.25, 0.3) is 0 Å². The van der Waals surface area contributed by atoms with E-state index in [1.165, 1.54) is 12.3 Å². The fourth-order valence-electron chi connectivity index (χ4n) is 2.10. The van der Waals surface area contributed by atoms with Crippen LogP contribution in [0.4, 0.5) is 5.82 Å². The average Bonchev–Trinajstić information content (AvgIpc) is 2.40. The van der Waals surface area contributed by atoms with Gasteiger partial charge < -0.3 is 20.7 Å². The number of ether oxygens (including phenoxy) is 1. The molecular weight excluding hydrogens is 280 g/mol. The first-order chi connectivity index (χ1) is 9.47. The topological polar surface area (TPSA) is 80.5 Å². The third kappa shape index (κ3) is 3.59. The predicted molar refractivity (Wildman–Crippen MR) is 78.1 cm³/mol. The third-order valence-corrected chi connectivity index (χ3v) is 3.63. The molecular formula is C13H19ClN4O2. The van der Waals surface area contributed by atoms with E-state index in [0.717, 1.165) is 19.7 Å². The van der Waals surface area contributed by atoms with Crippen molar-refractivity contribution in [2.24, 2.45) is 5.73 Å². The highest BCUT2D eigenvalue weighted by molar-refractivity contribution is 6.33. The van der Waals surface area contributed by atoms with Gasteiger partial charge in [-0.2, -0.15) is 0 Å². The third-order valence-electron chi connectivity index (χ3n) is 3.34. The Kier molecular flexibility index (Phi) is 4.80. The molecule has 2 atom stereocenters. The molecule has 0 aromatic carbocycles. The Labute approximate surface area is 123 Å². The van der Waals surface area contributed by atoms with Gasteiger partial charge >= 0.3 is 0 Å². The van der Waals surface area contributed by atoms with Crippen LogP contribution in [0.3, 0.4) is 0 Å². The van der Waals surface area contributed by atoms with Crippen molar-refractivity contribution in [1.29, 1.82) is 0 Å². The van der Waals surface area contributed by atoms with Gasteiger partial charge in [0.05, 0.1) is 29.3 Å². The minimum atomic E-state index is -0.545. The average molecular weight is 299 g/mol. The van der Waals surface area contributed by atoms with E-state index in [4.69, 9.17) is 22.1 Å². The molecule has 0 bridgehead atoms. The summed E-state index contributed by atoms with van der Waals surface area (Å²) in [5.41, 5.74) is 5.48. The number of nitrogens with two attached hydrogens (primary N) is 1. The number of halogens is 1. The second-order valence-corrected chi connectivity index (χ2v) is 5.43. The quantitative estimate of drug-likeness (QED) is 0.865. The van der Waals surface area contributed by atoms with E-state index in [2.05, 4.69) is 22.2 Å². The Morgan fingerprint density at radius 1 is 1.70 bits per heavy atom. The number of hydrogen-bond donors (Lipinski definition) is 2. The second kappa shape index (κ2) is 6.39. The number of hydrogen-bond acceptors (Lipinski definition) is 5. The van der Waals surface area contributed by atoms with Gasteiger partial charge in [-0.05, 0) is 20.0 Å². The number of carbonyl (C=O) groups excluding carboxylic acids is 1. The predicted octanol–water partition coefficient (Wildman–Crippen LogP) is 0.965. The number of nitrogens with one attached hydrogen (secondary N) is 1. The van der Waals surface area contributed by atoms with Crippen LogP contribution in [0.5, 0.6) is 0 Å². The van der Waals surface area contributed by atoms with Crippen molar-refractivity contribution < 1.29 is 9.53 Å². The van der Waals surface area contributed by atoms with Gasteiger partial charge in [-0.1, -0.05) is 11.6 Å². The Bertz CT molecular complexity index is 497. The van der Waals surface area contributed by atoms with Gasteiger partial charge in [0, 0.05) is 19.3 Å². The maximum absolute atomic E-state index is 11.0. The molecule has 1 saturated heterocycles. The Morgan fingerprint density at radius 3 is 3.05 bits per heavy atom. The molecule has 2 rings (SSSR count). The first-order valence-corrected chi connectivity index (χ1v) is 6.87. The number of amides is 1. The van der Waals surface area contributed by atoms with Gasteiger partial charge in [-0.15, -0.1) is 0 Å². The van der Waals surface area contributed by atoms with Crippen molar-refractivity contribution in [3.63, 3.8) is 0 Å². The Balaban J connectivity index is 2.03. The summed E-state index contributed by atoms with van der Waals surface area (Å²) in [7, 11) is 2.06. The lowest BCUT2D eigenvalue weighted by atomic mass is 10.1. The van der Waals surface area contributed by atoms with E-state index in [1.807, 2.05) is 6.92 Å². The lowest BCUT2D eigenvalue weighted by Crippen LogP contribution is -2.47. The molecule has 2 heterocycles. The van der Waals surface area contributed by atoms with Crippen LogP contribution in [0.1, 0.15) is 17.3 Å². The standard InChI is InChI=1S/C13H19ClN4O2/c1-8(11-7-18(2)3-4-20-11)17-13-10(14)5-9(6-16-13)12(15)19/h5-6,8,11H,3-4,7H2,1-2H3,(H2,15,19)(H,16,17). The zero-order chi connectivity index (χ0) is 14.7. The van der Waals surface area contributed by atoms with E-state index in [-0.39, 0.29) is 12.1 Å². The number of primary amides is 1. The molecule has 1 amide bonds. The first-order valence-electron chi connectivity index (χ1n) is 6.49. The van der Waals surface area contributed by atoms with Gasteiger partial charge in [0.2, 0.25) is 5.91 Å². The summed E-state index contributed by atoms with van der Waals surface area (Å²) >= 11 is 6.10. The van der Waals surface area contributed by atoms with Crippen LogP contribution in [-0.4, -0.2) is 54.7 Å². The highest BCUT2D eigenvalue weighted by Crippen LogP contribution is 2.22. The van der Waals surface area contributed by atoms with Crippen LogP contribution in [0.2, 0.25) is 5.02 Å². The van der Waals surface area contributed by atoms with E-state index >= 15 is 0 Å². The number of carbonyl (C=O) groups is 1. The van der Waals surface area contributed by atoms with Crippen LogP contribution in [-0.2, 0) is 4.74 Å². The monoisotopic (exact) mass is 298 g/mol. The number of morpholine rings is 1. The summed E-state index contributed by atoms with van der Waals surface area (Å²) in [6.07, 6.45) is 1.49. The van der Waals surface area contributed by atoms with Gasteiger partial charge in [-0.3, -0.25) is 4.79 Å². The summed E-state index contributed by atoms with van der Waals surface area (Å²) in [6, 6.07) is 1.57. The maximum Gasteiger partial charge on any atom is 0.250 e. The second-order valence-electron chi connectivity index (χ2n) is 5.02. The van der Waals surface area contributed by atoms with E-state index in [1.54, 1.807) is 0 Å². The SMILES string of the molecule is CC(Nc1ncc(C(N)=O)cc1Cl)C1CN(C)CCO1. The van der Waals surface area contributed by atoms with E-state index in [0.29, 0.717) is 16.4 Å². The van der Waals surface area contributed by atoms with E-state index in [9.17, 15) is 4.79 Å². The molecule has 2 unspecified atom stereocenters. The summed E-state index contributed by atoms with van der Waals surface area (Å²) < 4.78 is 5.74. The lowest BCUT2D eigenvalue weighted by molar-refractivity contribution is -0.0259. The van der Waals surface area contributed by atoms with Gasteiger partial charge in [0.25, 0.3) is 0 Å². The molecule has 1 aliphatic rings. The molecule has 0 radical (unpaired) electrons. The van der Waals surface area contributed by atoms with Gasteiger partial charge in [0.15, 0.2) is 0 Å². The van der Waals surface area contributed by atoms with Crippen molar-refractivity contribution in [2.75, 3.05) is 32.1 Å². The molecule has 0 saturated carbocycles. The number of likely N-dealkylation sites (N-methyl/N-ethyl adjacent to an activating group) is 1. The van der Waals surface area contributed by atoms with Crippen molar-refractivity contribution in [3.05, 3.63) is 22.8 Å². The minimum Gasteiger partial charge on any atom is -0.373 e. The number of anilines is 1. The zero-order valence-corrected chi connectivity index (χ0v) is 12.4. The Morgan fingerprint density at radius 2 is 2.45 bits per heavy atom. The molecule has 110 valence electrons. The summed E-state index contributed by atoms with van der Waals surface area (Å²) in [5, 5.41) is 3.59. The maximum atomic E-state index is 11.0. The number of pyridine rings is 1. The highest BCUT2D eigenvalue weighted by atomic mass is 35.5. The molecule has 1 aromatic heterocycles. The van der Waals surface area contributed by atoms with Crippen molar-refractivity contribution in [1.82, 2.24) is 9.88 Å². The van der Waals surface area contributed by atoms with Crippen LogP contribution in [0.15, 0.2) is 12.3 Å². The number of nitrogens with zero attached hydrogens (tertiary/aromatic N) is 2. The van der Waals surface area contributed by atoms with Crippen molar-refractivity contribution in [3.8, 4) is 0 Å². The molecule has 0 aliphatic carbocycles. The number of aromatic nitrogens is 1. The summed E-state index contributed by atoms with van der Waals surface area (Å²) in [5.74, 6) is -0.0165. The van der Waals surface area contributed by atoms with Crippen LogP contribution in [0, 0.1) is 0 Å². The normalized spacial score (nSPS) is 21.4. The number of rotatable bonds is 4. The van der Waals surface area contributed by atoms with Gasteiger partial charge in [-0.25, -0.2) is 4.98 Å². The Hall–Kier alpha value is -1.37. The van der Waals surface area contributed by atoms with Crippen molar-refractivity contribution >= 4 is 23.3 Å². The minimum absolute atomic E-state index is 0.0576. The molecule has 6 nitrogen and oxygen atoms in total. The molecule has 1 fully saturated rings. The zero-order valence-electron chi connectivity index (χ0n) is 11.6. The molecule has 3 N–H and O–H groups in total. The highest BCUT2D eigenvalue weighted by Gasteiger charge is 2.24. The van der Waals surface area contributed by atoms with Crippen LogP contribution < -0.4 is 11.1 Å². The molecule has 7 heteroatoms. The molecule has 1 aliphatic heterocycles.